The molecule has 0 bridgehead atoms. The number of hydrogen-bond donors (Lipinski definition) is 0. The van der Waals surface area contributed by atoms with Gasteiger partial charge in [0.1, 0.15) is 5.82 Å². The van der Waals surface area contributed by atoms with Gasteiger partial charge in [0, 0.05) is 17.1 Å². The van der Waals surface area contributed by atoms with Crippen LogP contribution < -0.4 is 0 Å². The summed E-state index contributed by atoms with van der Waals surface area (Å²) in [5.41, 5.74) is 7.74. The maximum absolute atomic E-state index is 13.5. The van der Waals surface area contributed by atoms with E-state index in [9.17, 15) is 9.65 Å². The first kappa shape index (κ1) is 17.7. The molecule has 0 aliphatic carbocycles. The summed E-state index contributed by atoms with van der Waals surface area (Å²) in [6.07, 6.45) is 1.83. The second-order valence-electron chi connectivity index (χ2n) is 6.61. The van der Waals surface area contributed by atoms with Crippen LogP contribution in [-0.4, -0.2) is 4.57 Å². The molecule has 26 heavy (non-hydrogen) atoms. The second-order valence-corrected chi connectivity index (χ2v) is 6.61. The van der Waals surface area contributed by atoms with Crippen LogP contribution in [0, 0.1) is 44.8 Å². The Morgan fingerprint density at radius 3 is 2.42 bits per heavy atom. The van der Waals surface area contributed by atoms with E-state index < -0.39 is 0 Å². The molecule has 0 atom stereocenters. The van der Waals surface area contributed by atoms with Crippen molar-refractivity contribution in [3.8, 4) is 11.8 Å². The number of rotatable bonds is 3. The van der Waals surface area contributed by atoms with Crippen molar-refractivity contribution in [3.63, 3.8) is 0 Å². The number of halogens is 1. The lowest BCUT2D eigenvalue weighted by atomic mass is 10.0. The standard InChI is InChI=1S/C23H21FN2/c1-15-8-9-23(10-16(15)2)26-17(3)11-20(18(26)4)12-21(14-25)19-6-5-7-22(24)13-19/h5-13H,1-4H3/b21-12-. The van der Waals surface area contributed by atoms with Crippen molar-refractivity contribution in [1.29, 1.82) is 5.26 Å². The number of allylic oxidation sites excluding steroid dienone is 1. The zero-order valence-electron chi connectivity index (χ0n) is 15.5. The molecule has 2 nitrogen and oxygen atoms in total. The van der Waals surface area contributed by atoms with Gasteiger partial charge in [-0.05, 0) is 86.4 Å². The molecule has 0 saturated carbocycles. The Labute approximate surface area is 153 Å². The van der Waals surface area contributed by atoms with Gasteiger partial charge in [0.2, 0.25) is 0 Å². The zero-order valence-corrected chi connectivity index (χ0v) is 15.5. The molecule has 0 amide bonds. The lowest BCUT2D eigenvalue weighted by Gasteiger charge is -2.12. The lowest BCUT2D eigenvalue weighted by Crippen LogP contribution is -2.00. The average Bonchev–Trinajstić information content (AvgIpc) is 2.89. The van der Waals surface area contributed by atoms with Crippen molar-refractivity contribution in [1.82, 2.24) is 4.57 Å². The fourth-order valence-corrected chi connectivity index (χ4v) is 3.19. The summed E-state index contributed by atoms with van der Waals surface area (Å²) < 4.78 is 15.7. The number of aryl methyl sites for hydroxylation is 3. The Morgan fingerprint density at radius 1 is 1.00 bits per heavy atom. The Kier molecular flexibility index (Phi) is 4.77. The smallest absolute Gasteiger partial charge is 0.123 e. The van der Waals surface area contributed by atoms with Crippen LogP contribution in [0.3, 0.4) is 0 Å². The first-order valence-corrected chi connectivity index (χ1v) is 8.55. The predicted molar refractivity (Wildman–Crippen MR) is 105 cm³/mol. The van der Waals surface area contributed by atoms with E-state index in [1.54, 1.807) is 12.1 Å². The van der Waals surface area contributed by atoms with E-state index in [2.05, 4.69) is 48.7 Å². The third-order valence-electron chi connectivity index (χ3n) is 4.77. The van der Waals surface area contributed by atoms with Crippen molar-refractivity contribution in [2.75, 3.05) is 0 Å². The van der Waals surface area contributed by atoms with Crippen LogP contribution in [0.1, 0.15) is 33.6 Å². The maximum Gasteiger partial charge on any atom is 0.123 e. The summed E-state index contributed by atoms with van der Waals surface area (Å²) >= 11 is 0. The van der Waals surface area contributed by atoms with Gasteiger partial charge in [-0.3, -0.25) is 0 Å². The number of nitriles is 1. The van der Waals surface area contributed by atoms with Crippen LogP contribution in [0.5, 0.6) is 0 Å². The first-order chi connectivity index (χ1) is 12.4. The number of aromatic nitrogens is 1. The van der Waals surface area contributed by atoms with Gasteiger partial charge in [-0.15, -0.1) is 0 Å². The Morgan fingerprint density at radius 2 is 1.77 bits per heavy atom. The topological polar surface area (TPSA) is 28.7 Å². The molecule has 1 heterocycles. The summed E-state index contributed by atoms with van der Waals surface area (Å²) in [5, 5.41) is 9.54. The van der Waals surface area contributed by atoms with E-state index in [1.807, 2.05) is 19.9 Å². The third kappa shape index (κ3) is 3.32. The minimum atomic E-state index is -0.343. The minimum Gasteiger partial charge on any atom is -0.318 e. The summed E-state index contributed by atoms with van der Waals surface area (Å²) in [6.45, 7) is 8.29. The van der Waals surface area contributed by atoms with E-state index >= 15 is 0 Å². The van der Waals surface area contributed by atoms with Crippen molar-refractivity contribution < 1.29 is 4.39 Å². The Hall–Kier alpha value is -3.12. The van der Waals surface area contributed by atoms with Crippen LogP contribution >= 0.6 is 0 Å². The van der Waals surface area contributed by atoms with Crippen LogP contribution in [0.2, 0.25) is 0 Å². The highest BCUT2D eigenvalue weighted by atomic mass is 19.1. The Bertz CT molecular complexity index is 1050. The molecule has 3 rings (SSSR count). The molecule has 3 heteroatoms. The van der Waals surface area contributed by atoms with Crippen molar-refractivity contribution in [3.05, 3.63) is 88.0 Å². The molecule has 3 aromatic rings. The van der Waals surface area contributed by atoms with Gasteiger partial charge >= 0.3 is 0 Å². The molecular weight excluding hydrogens is 323 g/mol. The molecule has 0 radical (unpaired) electrons. The predicted octanol–water partition coefficient (Wildman–Crippen LogP) is 5.91. The van der Waals surface area contributed by atoms with Gasteiger partial charge in [0.15, 0.2) is 0 Å². The highest BCUT2D eigenvalue weighted by Crippen LogP contribution is 2.26. The summed E-state index contributed by atoms with van der Waals surface area (Å²) in [5.74, 6) is -0.343. The van der Waals surface area contributed by atoms with E-state index in [4.69, 9.17) is 0 Å². The molecule has 2 aromatic carbocycles. The van der Waals surface area contributed by atoms with Crippen LogP contribution in [0.4, 0.5) is 4.39 Å². The first-order valence-electron chi connectivity index (χ1n) is 8.55. The molecule has 130 valence electrons. The average molecular weight is 344 g/mol. The number of hydrogen-bond acceptors (Lipinski definition) is 1. The lowest BCUT2D eigenvalue weighted by molar-refractivity contribution is 0.627. The molecule has 0 aliphatic rings. The summed E-state index contributed by atoms with van der Waals surface area (Å²) in [6, 6.07) is 16.8. The van der Waals surface area contributed by atoms with Crippen molar-refractivity contribution in [2.24, 2.45) is 0 Å². The molecule has 0 fully saturated rings. The van der Waals surface area contributed by atoms with E-state index in [0.29, 0.717) is 11.1 Å². The monoisotopic (exact) mass is 344 g/mol. The normalized spacial score (nSPS) is 11.5. The van der Waals surface area contributed by atoms with Crippen molar-refractivity contribution in [2.45, 2.75) is 27.7 Å². The van der Waals surface area contributed by atoms with E-state index in [1.165, 1.54) is 23.3 Å². The van der Waals surface area contributed by atoms with Crippen LogP contribution in [-0.2, 0) is 0 Å². The van der Waals surface area contributed by atoms with Crippen molar-refractivity contribution >= 4 is 11.6 Å². The summed E-state index contributed by atoms with van der Waals surface area (Å²) in [4.78, 5) is 0. The van der Waals surface area contributed by atoms with Gasteiger partial charge in [-0.25, -0.2) is 4.39 Å². The maximum atomic E-state index is 13.5. The fourth-order valence-electron chi connectivity index (χ4n) is 3.19. The number of benzene rings is 2. The highest BCUT2D eigenvalue weighted by molar-refractivity contribution is 5.90. The van der Waals surface area contributed by atoms with Crippen LogP contribution in [0.15, 0.2) is 48.5 Å². The molecule has 0 spiro atoms. The highest BCUT2D eigenvalue weighted by Gasteiger charge is 2.11. The van der Waals surface area contributed by atoms with Gasteiger partial charge in [-0.1, -0.05) is 18.2 Å². The zero-order chi connectivity index (χ0) is 18.8. The van der Waals surface area contributed by atoms with Gasteiger partial charge in [-0.2, -0.15) is 5.26 Å². The Balaban J connectivity index is 2.10. The fraction of sp³-hybridized carbons (Fsp3) is 0.174. The number of nitrogens with zero attached hydrogens (tertiary/aromatic N) is 2. The largest absolute Gasteiger partial charge is 0.318 e. The second kappa shape index (κ2) is 7.01. The molecule has 0 aliphatic heterocycles. The van der Waals surface area contributed by atoms with Gasteiger partial charge in [0.05, 0.1) is 11.6 Å². The minimum absolute atomic E-state index is 0.343. The molecule has 0 saturated heterocycles. The molecule has 1 aromatic heterocycles. The van der Waals surface area contributed by atoms with Crippen LogP contribution in [0.25, 0.3) is 17.3 Å². The van der Waals surface area contributed by atoms with E-state index in [-0.39, 0.29) is 5.82 Å². The molecule has 0 unspecified atom stereocenters. The van der Waals surface area contributed by atoms with E-state index in [0.717, 1.165) is 22.6 Å². The molecule has 0 N–H and O–H groups in total. The molecular formula is C23H21FN2. The third-order valence-corrected chi connectivity index (χ3v) is 4.77. The summed E-state index contributed by atoms with van der Waals surface area (Å²) in [7, 11) is 0. The SMILES string of the molecule is Cc1ccc(-n2c(C)cc(/C=C(/C#N)c3cccc(F)c3)c2C)cc1C. The van der Waals surface area contributed by atoms with Gasteiger partial charge < -0.3 is 4.57 Å². The van der Waals surface area contributed by atoms with Gasteiger partial charge in [0.25, 0.3) is 0 Å². The quantitative estimate of drug-likeness (QED) is 0.543.